The van der Waals surface area contributed by atoms with Crippen LogP contribution in [0.3, 0.4) is 0 Å². The molecule has 1 fully saturated rings. The molecular weight excluding hydrogens is 358 g/mol. The van der Waals surface area contributed by atoms with E-state index in [1.165, 1.54) is 0 Å². The maximum atomic E-state index is 12.4. The van der Waals surface area contributed by atoms with Crippen LogP contribution in [-0.4, -0.2) is 30.9 Å². The number of carbonyl (C=O) groups is 3. The highest BCUT2D eigenvalue weighted by molar-refractivity contribution is 6.01. The van der Waals surface area contributed by atoms with Crippen molar-refractivity contribution >= 4 is 23.4 Å². The van der Waals surface area contributed by atoms with Crippen molar-refractivity contribution in [2.45, 2.75) is 20.3 Å². The summed E-state index contributed by atoms with van der Waals surface area (Å²) in [5.41, 5.74) is 6.87. The lowest BCUT2D eigenvalue weighted by molar-refractivity contribution is -0.126. The van der Waals surface area contributed by atoms with Crippen LogP contribution in [0, 0.1) is 12.8 Å². The number of carbonyl (C=O) groups excluding carboxylic acids is 3. The van der Waals surface area contributed by atoms with Gasteiger partial charge in [-0.3, -0.25) is 25.2 Å². The minimum absolute atomic E-state index is 0.0965. The molecule has 146 valence electrons. The number of anilines is 1. The highest BCUT2D eigenvalue weighted by Gasteiger charge is 2.35. The Balaban J connectivity index is 1.57. The molecule has 1 aliphatic heterocycles. The second-order valence-electron chi connectivity index (χ2n) is 6.59. The predicted octanol–water partition coefficient (Wildman–Crippen LogP) is 2.21. The van der Waals surface area contributed by atoms with E-state index in [0.29, 0.717) is 17.9 Å². The van der Waals surface area contributed by atoms with Crippen molar-refractivity contribution in [3.8, 4) is 5.75 Å². The van der Waals surface area contributed by atoms with Crippen LogP contribution < -0.4 is 20.5 Å². The van der Waals surface area contributed by atoms with Gasteiger partial charge in [-0.1, -0.05) is 18.2 Å². The molecule has 0 unspecified atom stereocenters. The zero-order chi connectivity index (χ0) is 20.1. The van der Waals surface area contributed by atoms with Crippen LogP contribution in [0.2, 0.25) is 0 Å². The number of hydrazine groups is 1. The van der Waals surface area contributed by atoms with Gasteiger partial charge in [0.25, 0.3) is 5.91 Å². The van der Waals surface area contributed by atoms with Crippen LogP contribution in [0.4, 0.5) is 5.69 Å². The zero-order valence-corrected chi connectivity index (χ0v) is 15.9. The van der Waals surface area contributed by atoms with Gasteiger partial charge in [-0.05, 0) is 49.7 Å². The molecule has 2 aromatic carbocycles. The Morgan fingerprint density at radius 2 is 1.82 bits per heavy atom. The summed E-state index contributed by atoms with van der Waals surface area (Å²) in [7, 11) is 0. The Morgan fingerprint density at radius 3 is 2.50 bits per heavy atom. The first kappa shape index (κ1) is 19.4. The summed E-state index contributed by atoms with van der Waals surface area (Å²) in [6, 6.07) is 14.3. The summed E-state index contributed by atoms with van der Waals surface area (Å²) in [6.45, 7) is 4.55. The third kappa shape index (κ3) is 4.31. The Bertz CT molecular complexity index is 879. The van der Waals surface area contributed by atoms with Gasteiger partial charge >= 0.3 is 0 Å². The number of aryl methyl sites for hydroxylation is 1. The van der Waals surface area contributed by atoms with Gasteiger partial charge < -0.3 is 9.64 Å². The van der Waals surface area contributed by atoms with E-state index in [4.69, 9.17) is 4.74 Å². The van der Waals surface area contributed by atoms with Gasteiger partial charge in [-0.2, -0.15) is 0 Å². The van der Waals surface area contributed by atoms with Gasteiger partial charge in [0, 0.05) is 24.2 Å². The van der Waals surface area contributed by atoms with E-state index in [1.54, 1.807) is 41.3 Å². The summed E-state index contributed by atoms with van der Waals surface area (Å²) in [5.74, 6) is -0.709. The number of benzene rings is 2. The first-order valence-corrected chi connectivity index (χ1v) is 9.18. The molecule has 7 nitrogen and oxygen atoms in total. The van der Waals surface area contributed by atoms with Crippen molar-refractivity contribution in [3.05, 3.63) is 59.7 Å². The summed E-state index contributed by atoms with van der Waals surface area (Å²) >= 11 is 0. The molecule has 1 atom stereocenters. The third-order valence-corrected chi connectivity index (χ3v) is 4.64. The Kier molecular flexibility index (Phi) is 5.93. The maximum absolute atomic E-state index is 12.4. The SMILES string of the molecule is CCOc1ccc(N2C[C@@H](C(=O)NNC(=O)c3ccccc3C)CC2=O)cc1. The topological polar surface area (TPSA) is 87.7 Å². The van der Waals surface area contributed by atoms with Crippen molar-refractivity contribution in [3.63, 3.8) is 0 Å². The van der Waals surface area contributed by atoms with Crippen LogP contribution >= 0.6 is 0 Å². The van der Waals surface area contributed by atoms with E-state index >= 15 is 0 Å². The molecule has 3 rings (SSSR count). The molecule has 7 heteroatoms. The lowest BCUT2D eigenvalue weighted by Gasteiger charge is -2.17. The van der Waals surface area contributed by atoms with E-state index in [2.05, 4.69) is 10.9 Å². The fraction of sp³-hybridized carbons (Fsp3) is 0.286. The van der Waals surface area contributed by atoms with Crippen LogP contribution in [0.15, 0.2) is 48.5 Å². The minimum atomic E-state index is -0.531. The first-order valence-electron chi connectivity index (χ1n) is 9.18. The second-order valence-corrected chi connectivity index (χ2v) is 6.59. The molecule has 2 aromatic rings. The molecule has 0 bridgehead atoms. The fourth-order valence-corrected chi connectivity index (χ4v) is 3.14. The monoisotopic (exact) mass is 381 g/mol. The minimum Gasteiger partial charge on any atom is -0.494 e. The van der Waals surface area contributed by atoms with Gasteiger partial charge in [0.05, 0.1) is 12.5 Å². The summed E-state index contributed by atoms with van der Waals surface area (Å²) in [5, 5.41) is 0. The van der Waals surface area contributed by atoms with Gasteiger partial charge in [-0.15, -0.1) is 0 Å². The van der Waals surface area contributed by atoms with Crippen LogP contribution in [0.25, 0.3) is 0 Å². The number of nitrogens with zero attached hydrogens (tertiary/aromatic N) is 1. The van der Waals surface area contributed by atoms with E-state index in [1.807, 2.05) is 26.0 Å². The number of hydrogen-bond donors (Lipinski definition) is 2. The van der Waals surface area contributed by atoms with Crippen molar-refractivity contribution in [2.24, 2.45) is 5.92 Å². The Hall–Kier alpha value is -3.35. The predicted molar refractivity (Wildman–Crippen MR) is 105 cm³/mol. The summed E-state index contributed by atoms with van der Waals surface area (Å²) in [4.78, 5) is 38.5. The van der Waals surface area contributed by atoms with E-state index in [-0.39, 0.29) is 30.7 Å². The molecule has 1 aliphatic rings. The van der Waals surface area contributed by atoms with E-state index in [0.717, 1.165) is 11.3 Å². The molecule has 1 heterocycles. The standard InChI is InChI=1S/C21H23N3O4/c1-3-28-17-10-8-16(9-11-17)24-13-15(12-19(24)25)20(26)22-23-21(27)18-7-5-4-6-14(18)2/h4-11,15H,3,12-13H2,1-2H3,(H,22,26)(H,23,27)/t15-/m0/s1. The average Bonchev–Trinajstić information content (AvgIpc) is 3.09. The second kappa shape index (κ2) is 8.56. The van der Waals surface area contributed by atoms with Crippen LogP contribution in [0.5, 0.6) is 5.75 Å². The molecule has 28 heavy (non-hydrogen) atoms. The van der Waals surface area contributed by atoms with Crippen molar-refractivity contribution in [1.29, 1.82) is 0 Å². The summed E-state index contributed by atoms with van der Waals surface area (Å²) in [6.07, 6.45) is 0.0965. The molecule has 0 aliphatic carbocycles. The van der Waals surface area contributed by atoms with Gasteiger partial charge in [0.1, 0.15) is 5.75 Å². The third-order valence-electron chi connectivity index (χ3n) is 4.64. The normalized spacial score (nSPS) is 16.0. The number of rotatable bonds is 5. The zero-order valence-electron chi connectivity index (χ0n) is 15.9. The average molecular weight is 381 g/mol. The molecule has 0 spiro atoms. The highest BCUT2D eigenvalue weighted by Crippen LogP contribution is 2.27. The molecule has 3 amide bonds. The van der Waals surface area contributed by atoms with Crippen molar-refractivity contribution in [2.75, 3.05) is 18.1 Å². The first-order chi connectivity index (χ1) is 13.5. The molecule has 0 aromatic heterocycles. The molecule has 0 radical (unpaired) electrons. The van der Waals surface area contributed by atoms with Gasteiger partial charge in [0.15, 0.2) is 0 Å². The van der Waals surface area contributed by atoms with Crippen molar-refractivity contribution in [1.82, 2.24) is 10.9 Å². The van der Waals surface area contributed by atoms with Crippen LogP contribution in [0.1, 0.15) is 29.3 Å². The number of amides is 3. The summed E-state index contributed by atoms with van der Waals surface area (Å²) < 4.78 is 5.40. The fourth-order valence-electron chi connectivity index (χ4n) is 3.14. The van der Waals surface area contributed by atoms with Crippen molar-refractivity contribution < 1.29 is 19.1 Å². The Labute approximate surface area is 163 Å². The molecular formula is C21H23N3O4. The lowest BCUT2D eigenvalue weighted by Crippen LogP contribution is -2.45. The van der Waals surface area contributed by atoms with E-state index in [9.17, 15) is 14.4 Å². The maximum Gasteiger partial charge on any atom is 0.269 e. The quantitative estimate of drug-likeness (QED) is 0.778. The van der Waals surface area contributed by atoms with Gasteiger partial charge in [0.2, 0.25) is 11.8 Å². The Morgan fingerprint density at radius 1 is 1.11 bits per heavy atom. The number of hydrogen-bond acceptors (Lipinski definition) is 4. The smallest absolute Gasteiger partial charge is 0.269 e. The van der Waals surface area contributed by atoms with Crippen LogP contribution in [-0.2, 0) is 9.59 Å². The highest BCUT2D eigenvalue weighted by atomic mass is 16.5. The number of ether oxygens (including phenoxy) is 1. The largest absolute Gasteiger partial charge is 0.494 e. The number of nitrogens with one attached hydrogen (secondary N) is 2. The lowest BCUT2D eigenvalue weighted by atomic mass is 10.1. The van der Waals surface area contributed by atoms with Gasteiger partial charge in [-0.25, -0.2) is 0 Å². The molecule has 1 saturated heterocycles. The molecule has 2 N–H and O–H groups in total. The van der Waals surface area contributed by atoms with E-state index < -0.39 is 5.92 Å². The molecule has 0 saturated carbocycles.